The van der Waals surface area contributed by atoms with Gasteiger partial charge in [-0.25, -0.2) is 4.98 Å². The second-order valence-corrected chi connectivity index (χ2v) is 10.6. The second kappa shape index (κ2) is 9.04. The van der Waals surface area contributed by atoms with E-state index in [1.54, 1.807) is 35.8 Å². The summed E-state index contributed by atoms with van der Waals surface area (Å²) in [5, 5.41) is 4.64. The quantitative estimate of drug-likeness (QED) is 0.274. The SMILES string of the molecule is Cn1cc(-c2cc(Cn3ccnc3)cc3c2CCN(c2cccc4ncc(C5CC5)cc24)C3=O)c(C(F)(F)F)n1. The smallest absolute Gasteiger partial charge is 0.333 e. The molecule has 2 aromatic carbocycles. The zero-order valence-electron chi connectivity index (χ0n) is 21.7. The Morgan fingerprint density at radius 2 is 1.90 bits per heavy atom. The Kier molecular flexibility index (Phi) is 5.55. The Morgan fingerprint density at radius 3 is 2.65 bits per heavy atom. The summed E-state index contributed by atoms with van der Waals surface area (Å²) in [4.78, 5) is 24.6. The molecule has 7 rings (SSSR count). The molecule has 1 aliphatic carbocycles. The molecule has 3 aromatic heterocycles. The maximum Gasteiger partial charge on any atom is 0.435 e. The summed E-state index contributed by atoms with van der Waals surface area (Å²) in [6.07, 6.45) is 6.40. The summed E-state index contributed by atoms with van der Waals surface area (Å²) < 4.78 is 45.0. The van der Waals surface area contributed by atoms with E-state index in [1.807, 2.05) is 29.0 Å². The molecule has 1 saturated carbocycles. The van der Waals surface area contributed by atoms with Crippen molar-refractivity contribution in [3.63, 3.8) is 0 Å². The van der Waals surface area contributed by atoms with Crippen LogP contribution in [0.15, 0.2) is 67.5 Å². The zero-order valence-corrected chi connectivity index (χ0v) is 21.7. The van der Waals surface area contributed by atoms with Crippen LogP contribution in [0, 0.1) is 0 Å². The molecule has 0 saturated heterocycles. The Morgan fingerprint density at radius 1 is 1.07 bits per heavy atom. The standard InChI is InChI=1S/C30H25F3N6O/c1-37-16-25(28(36-37)30(31,32)33)22-11-18(15-38-10-8-34-17-38)12-23-21(22)7-9-39(29(23)40)27-4-2-3-26-24(27)13-20(14-35-26)19-5-6-19/h2-4,8,10-14,16-17,19H,5-7,9,15H2,1H3. The first-order valence-corrected chi connectivity index (χ1v) is 13.2. The van der Waals surface area contributed by atoms with Crippen molar-refractivity contribution in [2.24, 2.45) is 7.05 Å². The molecule has 2 aliphatic rings. The minimum Gasteiger partial charge on any atom is -0.333 e. The highest BCUT2D eigenvalue weighted by molar-refractivity contribution is 6.13. The van der Waals surface area contributed by atoms with E-state index < -0.39 is 11.9 Å². The van der Waals surface area contributed by atoms with Gasteiger partial charge in [-0.2, -0.15) is 18.3 Å². The molecule has 0 N–H and O–H groups in total. The van der Waals surface area contributed by atoms with Gasteiger partial charge in [0.05, 0.1) is 17.5 Å². The van der Waals surface area contributed by atoms with E-state index >= 15 is 0 Å². The molecule has 0 unspecified atom stereocenters. The molecular formula is C30H25F3N6O. The number of rotatable bonds is 5. The highest BCUT2D eigenvalue weighted by atomic mass is 19.4. The molecule has 40 heavy (non-hydrogen) atoms. The van der Waals surface area contributed by atoms with Crippen LogP contribution in [0.5, 0.6) is 0 Å². The van der Waals surface area contributed by atoms with E-state index in [0.29, 0.717) is 47.7 Å². The minimum atomic E-state index is -4.64. The lowest BCUT2D eigenvalue weighted by atomic mass is 9.87. The molecule has 0 atom stereocenters. The third-order valence-corrected chi connectivity index (χ3v) is 7.75. The number of hydrogen-bond donors (Lipinski definition) is 0. The molecule has 0 spiro atoms. The number of aryl methyl sites for hydroxylation is 1. The van der Waals surface area contributed by atoms with Gasteiger partial charge in [0.1, 0.15) is 0 Å². The van der Waals surface area contributed by atoms with Crippen LogP contribution in [-0.4, -0.2) is 36.8 Å². The molecule has 7 nitrogen and oxygen atoms in total. The summed E-state index contributed by atoms with van der Waals surface area (Å²) >= 11 is 0. The van der Waals surface area contributed by atoms with E-state index in [2.05, 4.69) is 21.1 Å². The van der Waals surface area contributed by atoms with E-state index in [9.17, 15) is 18.0 Å². The lowest BCUT2D eigenvalue weighted by Crippen LogP contribution is -2.38. The Bertz CT molecular complexity index is 1770. The number of halogens is 3. The van der Waals surface area contributed by atoms with E-state index in [4.69, 9.17) is 0 Å². The molecule has 10 heteroatoms. The van der Waals surface area contributed by atoms with Crippen LogP contribution in [0.25, 0.3) is 22.0 Å². The lowest BCUT2D eigenvalue weighted by Gasteiger charge is -2.31. The number of carbonyl (C=O) groups is 1. The van der Waals surface area contributed by atoms with Gasteiger partial charge in [0.15, 0.2) is 5.69 Å². The number of nitrogens with zero attached hydrogens (tertiary/aromatic N) is 6. The summed E-state index contributed by atoms with van der Waals surface area (Å²) in [6, 6.07) is 11.4. The van der Waals surface area contributed by atoms with Gasteiger partial charge in [-0.15, -0.1) is 0 Å². The van der Waals surface area contributed by atoms with Crippen molar-refractivity contribution in [3.8, 4) is 11.1 Å². The van der Waals surface area contributed by atoms with Crippen molar-refractivity contribution < 1.29 is 18.0 Å². The van der Waals surface area contributed by atoms with Gasteiger partial charge in [0, 0.05) is 61.4 Å². The van der Waals surface area contributed by atoms with Crippen molar-refractivity contribution in [1.82, 2.24) is 24.3 Å². The molecule has 0 radical (unpaired) electrons. The van der Waals surface area contributed by atoms with E-state index in [1.165, 1.54) is 23.5 Å². The van der Waals surface area contributed by atoms with E-state index in [-0.39, 0.29) is 11.5 Å². The Balaban J connectivity index is 1.37. The summed E-state index contributed by atoms with van der Waals surface area (Å²) in [5.41, 5.74) is 3.85. The zero-order chi connectivity index (χ0) is 27.6. The van der Waals surface area contributed by atoms with Gasteiger partial charge in [-0.3, -0.25) is 14.5 Å². The molecule has 5 aromatic rings. The number of amides is 1. The van der Waals surface area contributed by atoms with Gasteiger partial charge < -0.3 is 9.47 Å². The first kappa shape index (κ1) is 24.6. The third-order valence-electron chi connectivity index (χ3n) is 7.75. The first-order chi connectivity index (χ1) is 19.3. The van der Waals surface area contributed by atoms with Crippen LogP contribution in [0.3, 0.4) is 0 Å². The van der Waals surface area contributed by atoms with Gasteiger partial charge >= 0.3 is 6.18 Å². The number of fused-ring (bicyclic) bond motifs is 2. The number of benzene rings is 2. The van der Waals surface area contributed by atoms with Gasteiger partial charge in [-0.05, 0) is 77.8 Å². The third kappa shape index (κ3) is 4.24. The average molecular weight is 543 g/mol. The topological polar surface area (TPSA) is 68.8 Å². The number of alkyl halides is 3. The highest BCUT2D eigenvalue weighted by Crippen LogP contribution is 2.43. The Hall–Kier alpha value is -4.47. The molecule has 1 aliphatic heterocycles. The van der Waals surface area contributed by atoms with Gasteiger partial charge in [0.25, 0.3) is 5.91 Å². The molecule has 0 bridgehead atoms. The first-order valence-electron chi connectivity index (χ1n) is 13.2. The lowest BCUT2D eigenvalue weighted by molar-refractivity contribution is -0.140. The van der Waals surface area contributed by atoms with Crippen LogP contribution in [0.2, 0.25) is 0 Å². The fourth-order valence-corrected chi connectivity index (χ4v) is 5.73. The number of aromatic nitrogens is 5. The normalized spacial score (nSPS) is 15.6. The maximum atomic E-state index is 14.2. The fraction of sp³-hybridized carbons (Fsp3) is 0.267. The number of carbonyl (C=O) groups excluding carboxylic acids is 1. The monoisotopic (exact) mass is 542 g/mol. The average Bonchev–Trinajstić information content (AvgIpc) is 3.51. The summed E-state index contributed by atoms with van der Waals surface area (Å²) in [7, 11) is 1.47. The van der Waals surface area contributed by atoms with Crippen LogP contribution >= 0.6 is 0 Å². The van der Waals surface area contributed by atoms with Crippen molar-refractivity contribution in [1.29, 1.82) is 0 Å². The molecule has 4 heterocycles. The van der Waals surface area contributed by atoms with Crippen LogP contribution in [-0.2, 0) is 26.2 Å². The molecular weight excluding hydrogens is 517 g/mol. The molecule has 202 valence electrons. The summed E-state index contributed by atoms with van der Waals surface area (Å²) in [5.74, 6) is 0.273. The van der Waals surface area contributed by atoms with Crippen LogP contribution < -0.4 is 4.90 Å². The predicted octanol–water partition coefficient (Wildman–Crippen LogP) is 5.98. The van der Waals surface area contributed by atoms with Gasteiger partial charge in [-0.1, -0.05) is 6.07 Å². The maximum absolute atomic E-state index is 14.2. The number of anilines is 1. The predicted molar refractivity (Wildman–Crippen MR) is 144 cm³/mol. The van der Waals surface area contributed by atoms with Crippen LogP contribution in [0.4, 0.5) is 18.9 Å². The van der Waals surface area contributed by atoms with Crippen LogP contribution in [0.1, 0.15) is 51.5 Å². The Labute approximate surface area is 227 Å². The summed E-state index contributed by atoms with van der Waals surface area (Å²) in [6.45, 7) is 0.701. The highest BCUT2D eigenvalue weighted by Gasteiger charge is 2.39. The second-order valence-electron chi connectivity index (χ2n) is 10.6. The number of imidazole rings is 1. The van der Waals surface area contributed by atoms with Crippen molar-refractivity contribution in [2.75, 3.05) is 11.4 Å². The minimum absolute atomic E-state index is 0.0246. The number of pyridine rings is 1. The van der Waals surface area contributed by atoms with Crippen molar-refractivity contribution >= 4 is 22.5 Å². The van der Waals surface area contributed by atoms with E-state index in [0.717, 1.165) is 29.4 Å². The molecule has 1 fully saturated rings. The fourth-order valence-electron chi connectivity index (χ4n) is 5.73. The molecule has 1 amide bonds. The van der Waals surface area contributed by atoms with Gasteiger partial charge in [0.2, 0.25) is 0 Å². The van der Waals surface area contributed by atoms with Crippen molar-refractivity contribution in [3.05, 3.63) is 95.5 Å². The van der Waals surface area contributed by atoms with Crippen molar-refractivity contribution in [2.45, 2.75) is 37.9 Å². The largest absolute Gasteiger partial charge is 0.435 e. The number of hydrogen-bond acceptors (Lipinski definition) is 4.